The number of rotatable bonds is 4. The average molecular weight is 300 g/mol. The van der Waals surface area contributed by atoms with E-state index in [1.165, 1.54) is 23.1 Å². The second-order valence-corrected chi connectivity index (χ2v) is 5.73. The van der Waals surface area contributed by atoms with Crippen LogP contribution in [0.1, 0.15) is 42.0 Å². The van der Waals surface area contributed by atoms with E-state index < -0.39 is 5.97 Å². The number of carbonyl (C=O) groups is 1. The second-order valence-electron chi connectivity index (χ2n) is 5.73. The van der Waals surface area contributed by atoms with E-state index in [1.54, 1.807) is 7.05 Å². The van der Waals surface area contributed by atoms with Gasteiger partial charge in [-0.3, -0.25) is 4.90 Å². The molecule has 2 heterocycles. The Bertz CT molecular complexity index is 672. The van der Waals surface area contributed by atoms with Crippen LogP contribution in [0.15, 0.2) is 24.3 Å². The molecule has 0 spiro atoms. The monoisotopic (exact) mass is 300 g/mol. The summed E-state index contributed by atoms with van der Waals surface area (Å²) in [4.78, 5) is 17.5. The van der Waals surface area contributed by atoms with E-state index in [2.05, 4.69) is 34.0 Å². The predicted molar refractivity (Wildman–Crippen MR) is 82.6 cm³/mol. The summed E-state index contributed by atoms with van der Waals surface area (Å²) in [5, 5.41) is 12.9. The Morgan fingerprint density at radius 2 is 1.86 bits per heavy atom. The molecule has 1 aromatic carbocycles. The van der Waals surface area contributed by atoms with Gasteiger partial charge in [0.2, 0.25) is 0 Å². The average Bonchev–Trinajstić information content (AvgIpc) is 3.16. The minimum absolute atomic E-state index is 0.174. The molecule has 6 nitrogen and oxygen atoms in total. The lowest BCUT2D eigenvalue weighted by atomic mass is 10.0. The quantitative estimate of drug-likeness (QED) is 0.938. The number of aromatic nitrogens is 3. The highest BCUT2D eigenvalue weighted by atomic mass is 16.4. The van der Waals surface area contributed by atoms with Gasteiger partial charge in [0.1, 0.15) is 0 Å². The van der Waals surface area contributed by atoms with Gasteiger partial charge in [0.05, 0.1) is 0 Å². The molecule has 22 heavy (non-hydrogen) atoms. The molecule has 1 atom stereocenters. The number of hydrogen-bond acceptors (Lipinski definition) is 4. The molecule has 0 unspecified atom stereocenters. The number of carboxylic acid groups (broad SMARTS) is 1. The van der Waals surface area contributed by atoms with Crippen LogP contribution in [-0.4, -0.2) is 43.8 Å². The Balaban J connectivity index is 1.83. The molecule has 1 aromatic heterocycles. The van der Waals surface area contributed by atoms with Crippen LogP contribution in [0, 0.1) is 0 Å². The zero-order valence-corrected chi connectivity index (χ0v) is 12.9. The van der Waals surface area contributed by atoms with E-state index in [4.69, 9.17) is 5.11 Å². The molecule has 6 heteroatoms. The second kappa shape index (κ2) is 5.88. The minimum Gasteiger partial charge on any atom is -0.475 e. The summed E-state index contributed by atoms with van der Waals surface area (Å²) < 4.78 is 1.50. The van der Waals surface area contributed by atoms with Crippen molar-refractivity contribution in [3.63, 3.8) is 0 Å². The van der Waals surface area contributed by atoms with Crippen molar-refractivity contribution in [2.75, 3.05) is 13.1 Å². The highest BCUT2D eigenvalue weighted by Crippen LogP contribution is 2.26. The van der Waals surface area contributed by atoms with Gasteiger partial charge in [0.15, 0.2) is 5.82 Å². The standard InChI is InChI=1S/C16H20N4O2/c1-11(20-9-3-4-10-20)12-5-7-13(8-6-12)15-17-14(16(21)22)18-19(15)2/h5-8,11H,3-4,9-10H2,1-2H3,(H,21,22)/t11-/m0/s1. The summed E-state index contributed by atoms with van der Waals surface area (Å²) >= 11 is 0. The van der Waals surface area contributed by atoms with Gasteiger partial charge in [-0.25, -0.2) is 14.5 Å². The van der Waals surface area contributed by atoms with Crippen molar-refractivity contribution in [2.45, 2.75) is 25.8 Å². The molecule has 1 aliphatic rings. The van der Waals surface area contributed by atoms with Crippen molar-refractivity contribution >= 4 is 5.97 Å². The van der Waals surface area contributed by atoms with Crippen molar-refractivity contribution in [3.05, 3.63) is 35.7 Å². The maximum atomic E-state index is 10.9. The Morgan fingerprint density at radius 3 is 2.41 bits per heavy atom. The smallest absolute Gasteiger partial charge is 0.375 e. The van der Waals surface area contributed by atoms with Crippen LogP contribution in [0.25, 0.3) is 11.4 Å². The molecule has 1 aliphatic heterocycles. The van der Waals surface area contributed by atoms with Crippen molar-refractivity contribution in [1.82, 2.24) is 19.7 Å². The lowest BCUT2D eigenvalue weighted by Crippen LogP contribution is -2.23. The lowest BCUT2D eigenvalue weighted by Gasteiger charge is -2.24. The first-order valence-corrected chi connectivity index (χ1v) is 7.55. The van der Waals surface area contributed by atoms with Crippen molar-refractivity contribution < 1.29 is 9.90 Å². The fourth-order valence-electron chi connectivity index (χ4n) is 2.98. The first-order valence-electron chi connectivity index (χ1n) is 7.55. The third-order valence-electron chi connectivity index (χ3n) is 4.29. The third-order valence-corrected chi connectivity index (χ3v) is 4.29. The fraction of sp³-hybridized carbons (Fsp3) is 0.438. The maximum Gasteiger partial charge on any atom is 0.375 e. The third kappa shape index (κ3) is 2.74. The molecule has 1 saturated heterocycles. The van der Waals surface area contributed by atoms with Crippen LogP contribution >= 0.6 is 0 Å². The van der Waals surface area contributed by atoms with Crippen LogP contribution < -0.4 is 0 Å². The molecule has 1 fully saturated rings. The van der Waals surface area contributed by atoms with Crippen LogP contribution in [0.5, 0.6) is 0 Å². The van der Waals surface area contributed by atoms with Gasteiger partial charge >= 0.3 is 5.97 Å². The van der Waals surface area contributed by atoms with Crippen molar-refractivity contribution in [3.8, 4) is 11.4 Å². The fourth-order valence-corrected chi connectivity index (χ4v) is 2.98. The Kier molecular flexibility index (Phi) is 3.94. The van der Waals surface area contributed by atoms with Crippen LogP contribution in [0.3, 0.4) is 0 Å². The first kappa shape index (κ1) is 14.7. The van der Waals surface area contributed by atoms with Gasteiger partial charge in [0.25, 0.3) is 5.82 Å². The number of hydrogen-bond donors (Lipinski definition) is 1. The maximum absolute atomic E-state index is 10.9. The summed E-state index contributed by atoms with van der Waals surface area (Å²) in [6, 6.07) is 8.56. The molecule has 0 saturated carbocycles. The van der Waals surface area contributed by atoms with E-state index in [9.17, 15) is 4.79 Å². The van der Waals surface area contributed by atoms with Gasteiger partial charge < -0.3 is 5.11 Å². The summed E-state index contributed by atoms with van der Waals surface area (Å²) in [5.41, 5.74) is 2.14. The van der Waals surface area contributed by atoms with Crippen molar-refractivity contribution in [2.24, 2.45) is 7.05 Å². The lowest BCUT2D eigenvalue weighted by molar-refractivity contribution is 0.0683. The summed E-state index contributed by atoms with van der Waals surface area (Å²) in [5.74, 6) is -0.717. The highest BCUT2D eigenvalue weighted by molar-refractivity contribution is 5.83. The van der Waals surface area contributed by atoms with Crippen LogP contribution in [-0.2, 0) is 7.05 Å². The van der Waals surface area contributed by atoms with Gasteiger partial charge in [0, 0.05) is 18.7 Å². The van der Waals surface area contributed by atoms with Gasteiger partial charge in [-0.2, -0.15) is 0 Å². The SMILES string of the molecule is C[C@@H](c1ccc(-c2nc(C(=O)O)nn2C)cc1)N1CCCC1. The number of aryl methyl sites for hydroxylation is 1. The molecule has 0 aliphatic carbocycles. The van der Waals surface area contributed by atoms with E-state index in [-0.39, 0.29) is 5.82 Å². The number of aromatic carboxylic acids is 1. The molecule has 0 radical (unpaired) electrons. The minimum atomic E-state index is -1.11. The predicted octanol–water partition coefficient (Wildman–Crippen LogP) is 2.34. The molecule has 0 bridgehead atoms. The van der Waals surface area contributed by atoms with Crippen LogP contribution in [0.2, 0.25) is 0 Å². The zero-order chi connectivity index (χ0) is 15.7. The summed E-state index contributed by atoms with van der Waals surface area (Å²) in [7, 11) is 1.70. The molecule has 1 N–H and O–H groups in total. The Hall–Kier alpha value is -2.21. The van der Waals surface area contributed by atoms with E-state index in [0.717, 1.165) is 18.7 Å². The van der Waals surface area contributed by atoms with Crippen molar-refractivity contribution in [1.29, 1.82) is 0 Å². The summed E-state index contributed by atoms with van der Waals surface area (Å²) in [6.07, 6.45) is 2.55. The van der Waals surface area contributed by atoms with Gasteiger partial charge in [-0.05, 0) is 38.4 Å². The molecule has 2 aromatic rings. The van der Waals surface area contributed by atoms with Crippen LogP contribution in [0.4, 0.5) is 0 Å². The molecule has 0 amide bonds. The van der Waals surface area contributed by atoms with E-state index in [1.807, 2.05) is 12.1 Å². The number of nitrogens with zero attached hydrogens (tertiary/aromatic N) is 4. The molecular weight excluding hydrogens is 280 g/mol. The summed E-state index contributed by atoms with van der Waals surface area (Å²) in [6.45, 7) is 4.55. The van der Waals surface area contributed by atoms with Gasteiger partial charge in [-0.15, -0.1) is 5.10 Å². The molecule has 116 valence electrons. The van der Waals surface area contributed by atoms with E-state index >= 15 is 0 Å². The number of likely N-dealkylation sites (tertiary alicyclic amines) is 1. The number of carboxylic acids is 1. The Labute approximate surface area is 129 Å². The zero-order valence-electron chi connectivity index (χ0n) is 12.9. The van der Waals surface area contributed by atoms with E-state index in [0.29, 0.717) is 11.9 Å². The molecular formula is C16H20N4O2. The van der Waals surface area contributed by atoms with Gasteiger partial charge in [-0.1, -0.05) is 24.3 Å². The first-order chi connectivity index (χ1) is 10.6. The number of benzene rings is 1. The molecule has 3 rings (SSSR count). The normalized spacial score (nSPS) is 16.8. The Morgan fingerprint density at radius 1 is 1.23 bits per heavy atom. The highest BCUT2D eigenvalue weighted by Gasteiger charge is 2.20. The largest absolute Gasteiger partial charge is 0.475 e. The topological polar surface area (TPSA) is 71.2 Å².